The van der Waals surface area contributed by atoms with Crippen LogP contribution in [0.25, 0.3) is 0 Å². The molecule has 27 heavy (non-hydrogen) atoms. The number of carbonyl (C=O) groups is 1. The number of hydrogen-bond acceptors (Lipinski definition) is 1. The summed E-state index contributed by atoms with van der Waals surface area (Å²) >= 11 is 0. The SMILES string of the molecule is CCCCCCCCCCCCCCCCCCC[C@H](C)C[C@H](C)C(=O)O. The highest BCUT2D eigenvalue weighted by molar-refractivity contribution is 5.69. The summed E-state index contributed by atoms with van der Waals surface area (Å²) in [6.45, 7) is 6.31. The Morgan fingerprint density at radius 3 is 1.30 bits per heavy atom. The average Bonchev–Trinajstić information content (AvgIpc) is 2.64. The zero-order valence-corrected chi connectivity index (χ0v) is 18.9. The van der Waals surface area contributed by atoms with E-state index in [1.807, 2.05) is 6.92 Å². The molecule has 2 atom stereocenters. The molecule has 2 nitrogen and oxygen atoms in total. The maximum absolute atomic E-state index is 10.9. The van der Waals surface area contributed by atoms with Crippen LogP contribution in [0.3, 0.4) is 0 Å². The van der Waals surface area contributed by atoms with Crippen molar-refractivity contribution in [3.05, 3.63) is 0 Å². The average molecular weight is 383 g/mol. The van der Waals surface area contributed by atoms with Gasteiger partial charge in [0.15, 0.2) is 0 Å². The number of unbranched alkanes of at least 4 members (excludes halogenated alkanes) is 16. The Balaban J connectivity index is 3.16. The first-order valence-corrected chi connectivity index (χ1v) is 12.3. The van der Waals surface area contributed by atoms with E-state index in [9.17, 15) is 4.79 Å². The standard InChI is InChI=1S/C25H50O2/c1-4-5-6-7-8-9-10-11-12-13-14-15-16-17-18-19-20-21-23(2)22-24(3)25(26)27/h23-24H,4-22H2,1-3H3,(H,26,27)/t23-,24-/m0/s1. The van der Waals surface area contributed by atoms with Gasteiger partial charge in [0.05, 0.1) is 5.92 Å². The molecule has 0 heterocycles. The largest absolute Gasteiger partial charge is 0.481 e. The number of carboxylic acid groups (broad SMARTS) is 1. The highest BCUT2D eigenvalue weighted by Crippen LogP contribution is 2.19. The second-order valence-electron chi connectivity index (χ2n) is 9.03. The molecular weight excluding hydrogens is 332 g/mol. The summed E-state index contributed by atoms with van der Waals surface area (Å²) in [6, 6.07) is 0. The lowest BCUT2D eigenvalue weighted by Crippen LogP contribution is -2.13. The van der Waals surface area contributed by atoms with Crippen molar-refractivity contribution >= 4 is 5.97 Å². The highest BCUT2D eigenvalue weighted by atomic mass is 16.4. The molecule has 0 aromatic carbocycles. The normalized spacial score (nSPS) is 13.6. The van der Waals surface area contributed by atoms with Gasteiger partial charge in [-0.05, 0) is 12.3 Å². The van der Waals surface area contributed by atoms with Crippen LogP contribution in [0, 0.1) is 11.8 Å². The van der Waals surface area contributed by atoms with Crippen molar-refractivity contribution in [1.82, 2.24) is 0 Å². The number of hydrogen-bond donors (Lipinski definition) is 1. The molecule has 0 rings (SSSR count). The Bertz CT molecular complexity index is 313. The third kappa shape index (κ3) is 20.0. The third-order valence-electron chi connectivity index (χ3n) is 5.98. The molecule has 0 aromatic rings. The topological polar surface area (TPSA) is 37.3 Å². The summed E-state index contributed by atoms with van der Waals surface area (Å²) < 4.78 is 0. The Morgan fingerprint density at radius 2 is 0.963 bits per heavy atom. The van der Waals surface area contributed by atoms with Gasteiger partial charge in [-0.3, -0.25) is 4.79 Å². The molecule has 2 heteroatoms. The van der Waals surface area contributed by atoms with E-state index in [0.29, 0.717) is 5.92 Å². The summed E-state index contributed by atoms with van der Waals surface area (Å²) in [6.07, 6.45) is 26.0. The lowest BCUT2D eigenvalue weighted by molar-refractivity contribution is -0.141. The van der Waals surface area contributed by atoms with Crippen LogP contribution in [-0.4, -0.2) is 11.1 Å². The number of rotatable bonds is 21. The second-order valence-corrected chi connectivity index (χ2v) is 9.03. The van der Waals surface area contributed by atoms with Crippen molar-refractivity contribution in [2.24, 2.45) is 11.8 Å². The van der Waals surface area contributed by atoms with E-state index >= 15 is 0 Å². The van der Waals surface area contributed by atoms with Gasteiger partial charge in [0.25, 0.3) is 0 Å². The van der Waals surface area contributed by atoms with Crippen LogP contribution in [0.5, 0.6) is 0 Å². The quantitative estimate of drug-likeness (QED) is 0.201. The van der Waals surface area contributed by atoms with Crippen molar-refractivity contribution in [3.8, 4) is 0 Å². The predicted molar refractivity (Wildman–Crippen MR) is 119 cm³/mol. The van der Waals surface area contributed by atoms with Gasteiger partial charge in [0, 0.05) is 0 Å². The molecule has 0 unspecified atom stereocenters. The van der Waals surface area contributed by atoms with E-state index in [4.69, 9.17) is 5.11 Å². The summed E-state index contributed by atoms with van der Waals surface area (Å²) in [5, 5.41) is 8.95. The molecule has 162 valence electrons. The molecule has 0 saturated heterocycles. The fourth-order valence-corrected chi connectivity index (χ4v) is 4.04. The van der Waals surface area contributed by atoms with Gasteiger partial charge in [-0.2, -0.15) is 0 Å². The summed E-state index contributed by atoms with van der Waals surface area (Å²) in [5.41, 5.74) is 0. The van der Waals surface area contributed by atoms with E-state index in [0.717, 1.165) is 6.42 Å². The monoisotopic (exact) mass is 382 g/mol. The molecule has 0 aliphatic rings. The molecule has 0 saturated carbocycles. The highest BCUT2D eigenvalue weighted by Gasteiger charge is 2.14. The third-order valence-corrected chi connectivity index (χ3v) is 5.98. The van der Waals surface area contributed by atoms with Crippen LogP contribution in [0.15, 0.2) is 0 Å². The Hall–Kier alpha value is -0.530. The fraction of sp³-hybridized carbons (Fsp3) is 0.960. The summed E-state index contributed by atoms with van der Waals surface area (Å²) in [5.74, 6) is -0.289. The Labute approximate surface area is 170 Å². The molecule has 0 spiro atoms. The van der Waals surface area contributed by atoms with Crippen LogP contribution >= 0.6 is 0 Å². The van der Waals surface area contributed by atoms with Crippen LogP contribution in [0.1, 0.15) is 143 Å². The maximum Gasteiger partial charge on any atom is 0.306 e. The minimum Gasteiger partial charge on any atom is -0.481 e. The van der Waals surface area contributed by atoms with E-state index < -0.39 is 5.97 Å². The van der Waals surface area contributed by atoms with Crippen molar-refractivity contribution in [2.45, 2.75) is 143 Å². The molecule has 0 fully saturated rings. The maximum atomic E-state index is 10.9. The van der Waals surface area contributed by atoms with Gasteiger partial charge in [-0.25, -0.2) is 0 Å². The Kier molecular flexibility index (Phi) is 19.8. The first-order valence-electron chi connectivity index (χ1n) is 12.3. The van der Waals surface area contributed by atoms with Gasteiger partial charge in [0.2, 0.25) is 0 Å². The molecule has 0 radical (unpaired) electrons. The smallest absolute Gasteiger partial charge is 0.306 e. The van der Waals surface area contributed by atoms with Crippen molar-refractivity contribution in [1.29, 1.82) is 0 Å². The van der Waals surface area contributed by atoms with Gasteiger partial charge in [0.1, 0.15) is 0 Å². The van der Waals surface area contributed by atoms with Crippen LogP contribution in [0.4, 0.5) is 0 Å². The van der Waals surface area contributed by atoms with Crippen molar-refractivity contribution in [2.75, 3.05) is 0 Å². The number of aliphatic carboxylic acids is 1. The molecule has 1 N–H and O–H groups in total. The molecule has 0 aliphatic carbocycles. The zero-order valence-electron chi connectivity index (χ0n) is 18.9. The van der Waals surface area contributed by atoms with E-state index in [1.54, 1.807) is 0 Å². The van der Waals surface area contributed by atoms with Crippen LogP contribution < -0.4 is 0 Å². The van der Waals surface area contributed by atoms with E-state index in [-0.39, 0.29) is 5.92 Å². The van der Waals surface area contributed by atoms with Crippen LogP contribution in [0.2, 0.25) is 0 Å². The lowest BCUT2D eigenvalue weighted by atomic mass is 9.92. The molecule has 0 amide bonds. The molecule has 0 aliphatic heterocycles. The van der Waals surface area contributed by atoms with Crippen molar-refractivity contribution in [3.63, 3.8) is 0 Å². The minimum absolute atomic E-state index is 0.189. The predicted octanol–water partition coefficient (Wildman–Crippen LogP) is 8.78. The molecular formula is C25H50O2. The minimum atomic E-state index is -0.649. The summed E-state index contributed by atoms with van der Waals surface area (Å²) in [7, 11) is 0. The van der Waals surface area contributed by atoms with Crippen molar-refractivity contribution < 1.29 is 9.90 Å². The first-order chi connectivity index (χ1) is 13.1. The van der Waals surface area contributed by atoms with Crippen LogP contribution in [-0.2, 0) is 4.79 Å². The fourth-order valence-electron chi connectivity index (χ4n) is 4.04. The number of carboxylic acids is 1. The van der Waals surface area contributed by atoms with Gasteiger partial charge in [-0.1, -0.05) is 136 Å². The Morgan fingerprint density at radius 1 is 0.630 bits per heavy atom. The second kappa shape index (κ2) is 20.2. The van der Waals surface area contributed by atoms with E-state index in [2.05, 4.69) is 13.8 Å². The van der Waals surface area contributed by atoms with E-state index in [1.165, 1.54) is 116 Å². The van der Waals surface area contributed by atoms with Gasteiger partial charge in [-0.15, -0.1) is 0 Å². The van der Waals surface area contributed by atoms with Gasteiger partial charge >= 0.3 is 5.97 Å². The molecule has 0 bridgehead atoms. The molecule has 0 aromatic heterocycles. The van der Waals surface area contributed by atoms with Gasteiger partial charge < -0.3 is 5.11 Å². The summed E-state index contributed by atoms with van der Waals surface area (Å²) in [4.78, 5) is 10.9. The zero-order chi connectivity index (χ0) is 20.2. The first kappa shape index (κ1) is 26.5. The lowest BCUT2D eigenvalue weighted by Gasteiger charge is -2.13.